The first-order chi connectivity index (χ1) is 14.3. The smallest absolute Gasteiger partial charge is 0.295 e. The molecule has 1 heterocycles. The molecule has 1 unspecified atom stereocenters. The van der Waals surface area contributed by atoms with E-state index in [2.05, 4.69) is 13.8 Å². The van der Waals surface area contributed by atoms with Gasteiger partial charge in [-0.3, -0.25) is 9.59 Å². The van der Waals surface area contributed by atoms with Crippen molar-refractivity contribution in [2.24, 2.45) is 5.92 Å². The third-order valence-corrected chi connectivity index (χ3v) is 5.20. The molecule has 5 heteroatoms. The minimum Gasteiger partial charge on any atom is -0.507 e. The van der Waals surface area contributed by atoms with E-state index >= 15 is 0 Å². The second-order valence-corrected chi connectivity index (χ2v) is 8.08. The molecular formula is C25H29NO4. The number of amides is 1. The molecule has 1 fully saturated rings. The predicted molar refractivity (Wildman–Crippen MR) is 117 cm³/mol. The van der Waals surface area contributed by atoms with Crippen LogP contribution in [0.25, 0.3) is 5.76 Å². The molecule has 3 rings (SSSR count). The molecule has 0 aromatic heterocycles. The monoisotopic (exact) mass is 407 g/mol. The number of aliphatic hydroxyl groups is 1. The first-order valence-electron chi connectivity index (χ1n) is 10.4. The molecule has 1 aliphatic rings. The number of ketones is 1. The summed E-state index contributed by atoms with van der Waals surface area (Å²) in [4.78, 5) is 27.2. The Morgan fingerprint density at radius 3 is 2.37 bits per heavy atom. The summed E-state index contributed by atoms with van der Waals surface area (Å²) in [5, 5.41) is 11.1. The fraction of sp³-hybridized carbons (Fsp3) is 0.360. The van der Waals surface area contributed by atoms with Crippen molar-refractivity contribution in [1.29, 1.82) is 0 Å². The number of aliphatic hydroxyl groups excluding tert-OH is 1. The molecule has 2 aromatic carbocycles. The Kier molecular flexibility index (Phi) is 6.60. The molecule has 158 valence electrons. The van der Waals surface area contributed by atoms with E-state index in [1.165, 1.54) is 0 Å². The summed E-state index contributed by atoms with van der Waals surface area (Å²) in [6, 6.07) is 14.0. The van der Waals surface area contributed by atoms with Crippen LogP contribution in [0.2, 0.25) is 0 Å². The van der Waals surface area contributed by atoms with Crippen LogP contribution >= 0.6 is 0 Å². The third kappa shape index (κ3) is 4.25. The lowest BCUT2D eigenvalue weighted by atomic mass is 9.92. The van der Waals surface area contributed by atoms with E-state index in [0.717, 1.165) is 17.5 Å². The molecule has 1 atom stereocenters. The van der Waals surface area contributed by atoms with Crippen LogP contribution in [0.4, 0.5) is 0 Å². The number of ether oxygens (including phenoxy) is 1. The van der Waals surface area contributed by atoms with Gasteiger partial charge in [-0.2, -0.15) is 0 Å². The van der Waals surface area contributed by atoms with E-state index in [0.29, 0.717) is 30.4 Å². The van der Waals surface area contributed by atoms with Crippen LogP contribution in [0.15, 0.2) is 54.1 Å². The minimum absolute atomic E-state index is 0.138. The highest BCUT2D eigenvalue weighted by molar-refractivity contribution is 6.46. The number of Topliss-reactive ketones (excluding diaryl/α,β-unsaturated/α-hetero) is 1. The summed E-state index contributed by atoms with van der Waals surface area (Å²) in [5.41, 5.74) is 2.44. The molecule has 1 aliphatic heterocycles. The molecule has 0 radical (unpaired) electrons. The minimum atomic E-state index is -0.644. The Hall–Kier alpha value is -3.08. The molecule has 2 aromatic rings. The second-order valence-electron chi connectivity index (χ2n) is 8.08. The van der Waals surface area contributed by atoms with E-state index in [1.807, 2.05) is 38.1 Å². The number of carbonyl (C=O) groups excluding carboxylic acids is 2. The summed E-state index contributed by atoms with van der Waals surface area (Å²) in [7, 11) is 0. The van der Waals surface area contributed by atoms with Gasteiger partial charge in [0.1, 0.15) is 11.5 Å². The highest BCUT2D eigenvalue weighted by atomic mass is 16.5. The molecule has 0 saturated carbocycles. The maximum Gasteiger partial charge on any atom is 0.295 e. The van der Waals surface area contributed by atoms with Gasteiger partial charge in [-0.15, -0.1) is 0 Å². The zero-order valence-corrected chi connectivity index (χ0v) is 18.0. The van der Waals surface area contributed by atoms with Crippen LogP contribution < -0.4 is 4.74 Å². The van der Waals surface area contributed by atoms with Gasteiger partial charge in [0.2, 0.25) is 0 Å². The van der Waals surface area contributed by atoms with E-state index in [-0.39, 0.29) is 11.3 Å². The van der Waals surface area contributed by atoms with Crippen molar-refractivity contribution in [3.05, 3.63) is 70.8 Å². The Bertz CT molecular complexity index is 959. The number of hydrogen-bond acceptors (Lipinski definition) is 4. The zero-order valence-electron chi connectivity index (χ0n) is 18.0. The molecule has 0 bridgehead atoms. The lowest BCUT2D eigenvalue weighted by Crippen LogP contribution is -2.30. The molecule has 1 saturated heterocycles. The number of hydrogen-bond donors (Lipinski definition) is 1. The van der Waals surface area contributed by atoms with Gasteiger partial charge in [0.05, 0.1) is 18.2 Å². The van der Waals surface area contributed by atoms with E-state index in [1.54, 1.807) is 29.2 Å². The summed E-state index contributed by atoms with van der Waals surface area (Å²) in [6.45, 7) is 9.09. The van der Waals surface area contributed by atoms with Gasteiger partial charge in [0.15, 0.2) is 0 Å². The lowest BCUT2D eigenvalue weighted by Gasteiger charge is -2.26. The molecule has 0 spiro atoms. The van der Waals surface area contributed by atoms with Crippen LogP contribution in [-0.4, -0.2) is 34.8 Å². The summed E-state index contributed by atoms with van der Waals surface area (Å²) < 4.78 is 5.69. The molecule has 30 heavy (non-hydrogen) atoms. The van der Waals surface area contributed by atoms with Gasteiger partial charge < -0.3 is 14.7 Å². The number of carbonyl (C=O) groups is 2. The standard InChI is InChI=1S/C25H29NO4/c1-5-14-26-22(20-9-7-6-8-17(20)4)21(24(28)25(26)29)23(27)18-10-12-19(13-11-18)30-15-16(2)3/h6-13,16,22,27H,5,14-15H2,1-4H3/b23-21-. The largest absolute Gasteiger partial charge is 0.507 e. The van der Waals surface area contributed by atoms with Gasteiger partial charge in [-0.05, 0) is 54.7 Å². The van der Waals surface area contributed by atoms with Gasteiger partial charge in [-0.1, -0.05) is 45.0 Å². The number of likely N-dealkylation sites (tertiary alicyclic amines) is 1. The Balaban J connectivity index is 2.05. The number of benzene rings is 2. The topological polar surface area (TPSA) is 66.8 Å². The SMILES string of the molecule is CCCN1C(=O)C(=O)/C(=C(\O)c2ccc(OCC(C)C)cc2)C1c1ccccc1C. The lowest BCUT2D eigenvalue weighted by molar-refractivity contribution is -0.139. The van der Waals surface area contributed by atoms with Gasteiger partial charge in [-0.25, -0.2) is 0 Å². The molecular weight excluding hydrogens is 378 g/mol. The van der Waals surface area contributed by atoms with Crippen LogP contribution in [0.3, 0.4) is 0 Å². The molecule has 0 aliphatic carbocycles. The quantitative estimate of drug-likeness (QED) is 0.404. The first-order valence-corrected chi connectivity index (χ1v) is 10.4. The average molecular weight is 408 g/mol. The number of aryl methyl sites for hydroxylation is 1. The van der Waals surface area contributed by atoms with E-state index < -0.39 is 17.7 Å². The van der Waals surface area contributed by atoms with Crippen molar-refractivity contribution >= 4 is 17.4 Å². The van der Waals surface area contributed by atoms with Crippen LogP contribution in [0.1, 0.15) is 49.9 Å². The van der Waals surface area contributed by atoms with Crippen molar-refractivity contribution < 1.29 is 19.4 Å². The van der Waals surface area contributed by atoms with Gasteiger partial charge in [0.25, 0.3) is 11.7 Å². The summed E-state index contributed by atoms with van der Waals surface area (Å²) in [6.07, 6.45) is 0.720. The summed E-state index contributed by atoms with van der Waals surface area (Å²) in [5.74, 6) is -0.266. The van der Waals surface area contributed by atoms with Crippen molar-refractivity contribution in [2.45, 2.75) is 40.2 Å². The van der Waals surface area contributed by atoms with Gasteiger partial charge >= 0.3 is 0 Å². The molecule has 5 nitrogen and oxygen atoms in total. The van der Waals surface area contributed by atoms with Crippen molar-refractivity contribution in [2.75, 3.05) is 13.2 Å². The average Bonchev–Trinajstić information content (AvgIpc) is 2.97. The fourth-order valence-corrected chi connectivity index (χ4v) is 3.70. The van der Waals surface area contributed by atoms with Gasteiger partial charge in [0, 0.05) is 12.1 Å². The van der Waals surface area contributed by atoms with Crippen LogP contribution in [0.5, 0.6) is 5.75 Å². The van der Waals surface area contributed by atoms with Crippen molar-refractivity contribution in [1.82, 2.24) is 4.90 Å². The fourth-order valence-electron chi connectivity index (χ4n) is 3.70. The number of nitrogens with zero attached hydrogens (tertiary/aromatic N) is 1. The zero-order chi connectivity index (χ0) is 21.8. The second kappa shape index (κ2) is 9.16. The molecule has 1 N–H and O–H groups in total. The maximum atomic E-state index is 12.9. The Labute approximate surface area is 178 Å². The number of rotatable bonds is 7. The van der Waals surface area contributed by atoms with Crippen molar-refractivity contribution in [3.8, 4) is 5.75 Å². The molecule has 1 amide bonds. The summed E-state index contributed by atoms with van der Waals surface area (Å²) >= 11 is 0. The predicted octanol–water partition coefficient (Wildman–Crippen LogP) is 4.86. The highest BCUT2D eigenvalue weighted by Gasteiger charge is 2.46. The Morgan fingerprint density at radius 1 is 1.10 bits per heavy atom. The Morgan fingerprint density at radius 2 is 1.77 bits per heavy atom. The third-order valence-electron chi connectivity index (χ3n) is 5.20. The van der Waals surface area contributed by atoms with E-state index in [4.69, 9.17) is 4.74 Å². The van der Waals surface area contributed by atoms with E-state index in [9.17, 15) is 14.7 Å². The highest BCUT2D eigenvalue weighted by Crippen LogP contribution is 2.40. The normalized spacial score (nSPS) is 18.3. The first kappa shape index (κ1) is 21.6. The van der Waals surface area contributed by atoms with Crippen molar-refractivity contribution in [3.63, 3.8) is 0 Å². The van der Waals surface area contributed by atoms with Crippen LogP contribution in [0, 0.1) is 12.8 Å². The van der Waals surface area contributed by atoms with Crippen LogP contribution in [-0.2, 0) is 9.59 Å². The maximum absolute atomic E-state index is 12.9.